The van der Waals surface area contributed by atoms with Gasteiger partial charge in [0, 0.05) is 0 Å². The molecule has 11 nitrogen and oxygen atoms in total. The van der Waals surface area contributed by atoms with Crippen molar-refractivity contribution >= 4 is 40.1 Å². The van der Waals surface area contributed by atoms with Crippen LogP contribution in [-0.4, -0.2) is 83.2 Å². The molecule has 0 aliphatic carbocycles. The summed E-state index contributed by atoms with van der Waals surface area (Å²) < 4.78 is 5.24. The first-order chi connectivity index (χ1) is 12.1. The van der Waals surface area contributed by atoms with Gasteiger partial charge in [-0.1, -0.05) is 11.8 Å². The smallest absolute Gasteiger partial charge is 0.200 e. The van der Waals surface area contributed by atoms with Crippen LogP contribution < -0.4 is 5.73 Å². The molecule has 1 unspecified atom stereocenters. The number of ether oxygens (including phenoxy) is 1. The number of nitrogens with two attached hydrogens (primary N) is 1. The Bertz CT molecular complexity index is 713. The molecule has 1 aliphatic heterocycles. The van der Waals surface area contributed by atoms with Crippen molar-refractivity contribution in [3.8, 4) is 0 Å². The van der Waals surface area contributed by atoms with Gasteiger partial charge in [0.05, 0.1) is 0 Å². The van der Waals surface area contributed by atoms with Gasteiger partial charge in [-0.3, -0.25) is 24.6 Å². The average molecular weight is 406 g/mol. The fourth-order valence-electron chi connectivity index (χ4n) is 3.15. The fraction of sp³-hybridized carbons (Fsp3) is 0.667. The Hall–Kier alpha value is -1.70. The van der Waals surface area contributed by atoms with Crippen LogP contribution in [0.25, 0.3) is 0 Å². The molecule has 0 aromatic carbocycles. The van der Waals surface area contributed by atoms with Gasteiger partial charge < -0.3 is 30.9 Å². The second-order valence-corrected chi connectivity index (χ2v) is 7.44. The maximum absolute atomic E-state index is 12.3. The molecule has 1 aliphatic rings. The van der Waals surface area contributed by atoms with E-state index in [1.54, 1.807) is 0 Å². The van der Waals surface area contributed by atoms with Crippen LogP contribution >= 0.6 is 11.8 Å². The number of hydrogen-bond donors (Lipinski definition) is 6. The molecular formula is C15H22N2O9S. The number of carbonyl (C=O) groups excluding carboxylic acids is 4. The van der Waals surface area contributed by atoms with Crippen molar-refractivity contribution in [3.05, 3.63) is 0 Å². The van der Waals surface area contributed by atoms with Crippen LogP contribution in [0, 0.1) is 5.41 Å². The highest BCUT2D eigenvalue weighted by Crippen LogP contribution is 2.50. The molecule has 152 valence electrons. The van der Waals surface area contributed by atoms with Crippen molar-refractivity contribution in [1.29, 1.82) is 5.41 Å². The van der Waals surface area contributed by atoms with E-state index in [0.29, 0.717) is 6.92 Å². The lowest BCUT2D eigenvalue weighted by Gasteiger charge is -2.58. The minimum absolute atomic E-state index is 0.187. The van der Waals surface area contributed by atoms with E-state index in [0.717, 1.165) is 20.8 Å². The highest BCUT2D eigenvalue weighted by Gasteiger charge is 2.79. The van der Waals surface area contributed by atoms with Crippen molar-refractivity contribution < 1.29 is 44.3 Å². The number of nitrogens with one attached hydrogen (secondary N) is 1. The molecular weight excluding hydrogens is 384 g/mol. The Balaban J connectivity index is 3.95. The fourth-order valence-corrected chi connectivity index (χ4v) is 4.07. The normalized spacial score (nSPS) is 37.3. The van der Waals surface area contributed by atoms with Crippen LogP contribution in [0.5, 0.6) is 0 Å². The van der Waals surface area contributed by atoms with E-state index < -0.39 is 62.7 Å². The molecule has 0 amide bonds. The summed E-state index contributed by atoms with van der Waals surface area (Å²) in [6.07, 6.45) is -4.45. The van der Waals surface area contributed by atoms with Gasteiger partial charge in [-0.25, -0.2) is 0 Å². The molecule has 0 aromatic heterocycles. The summed E-state index contributed by atoms with van der Waals surface area (Å²) in [7, 11) is 0. The van der Waals surface area contributed by atoms with Crippen LogP contribution in [0.4, 0.5) is 0 Å². The van der Waals surface area contributed by atoms with Crippen molar-refractivity contribution in [3.63, 3.8) is 0 Å². The highest BCUT2D eigenvalue weighted by atomic mass is 32.2. The number of carbonyl (C=O) groups is 4. The Labute approximate surface area is 158 Å². The number of ketones is 4. The summed E-state index contributed by atoms with van der Waals surface area (Å²) in [5, 5.41) is 49.8. The molecule has 1 fully saturated rings. The molecule has 6 atom stereocenters. The van der Waals surface area contributed by atoms with E-state index >= 15 is 0 Å². The standard InChI is InChI=1S/C15H22N2O9S/c1-5(18)9(22)10-13(23,6(2)19)15(25,8(4)21)14(24,7(3)20)11(26-10)27-12(16)17/h9-11,22-25H,1-4H3,(H3,16,17)/t9?,10-,11+,13+,14+,15+/m1/s1. The van der Waals surface area contributed by atoms with Gasteiger partial charge in [-0.15, -0.1) is 0 Å². The number of aliphatic hydroxyl groups is 4. The number of aliphatic hydroxyl groups excluding tert-OH is 1. The van der Waals surface area contributed by atoms with E-state index in [-0.39, 0.29) is 11.8 Å². The first kappa shape index (κ1) is 23.3. The quantitative estimate of drug-likeness (QED) is 0.197. The largest absolute Gasteiger partial charge is 0.382 e. The monoisotopic (exact) mass is 406 g/mol. The maximum Gasteiger partial charge on any atom is 0.200 e. The lowest BCUT2D eigenvalue weighted by atomic mass is 9.60. The molecule has 0 radical (unpaired) electrons. The van der Waals surface area contributed by atoms with Crippen LogP contribution in [0.1, 0.15) is 27.7 Å². The number of rotatable bonds is 6. The Morgan fingerprint density at radius 1 is 1.00 bits per heavy atom. The lowest BCUT2D eigenvalue weighted by molar-refractivity contribution is -0.311. The van der Waals surface area contributed by atoms with Gasteiger partial charge >= 0.3 is 0 Å². The Kier molecular flexibility index (Phi) is 6.37. The zero-order valence-corrected chi connectivity index (χ0v) is 15.9. The summed E-state index contributed by atoms with van der Waals surface area (Å²) in [5.41, 5.74) is -6.87. The summed E-state index contributed by atoms with van der Waals surface area (Å²) in [5.74, 6) is -5.03. The minimum Gasteiger partial charge on any atom is -0.382 e. The maximum atomic E-state index is 12.3. The van der Waals surface area contributed by atoms with E-state index in [9.17, 15) is 39.6 Å². The number of Topliss-reactive ketones (excluding diaryl/α,β-unsaturated/α-hetero) is 4. The van der Waals surface area contributed by atoms with Gasteiger partial charge in [-0.05, 0) is 27.7 Å². The molecule has 1 heterocycles. The average Bonchev–Trinajstić information content (AvgIpc) is 2.53. The lowest BCUT2D eigenvalue weighted by Crippen LogP contribution is -2.86. The van der Waals surface area contributed by atoms with Gasteiger partial charge in [-0.2, -0.15) is 0 Å². The molecule has 0 bridgehead atoms. The molecule has 0 spiro atoms. The number of hydrogen-bond acceptors (Lipinski definition) is 11. The zero-order valence-electron chi connectivity index (χ0n) is 15.0. The van der Waals surface area contributed by atoms with E-state index in [1.165, 1.54) is 0 Å². The zero-order chi connectivity index (χ0) is 21.5. The van der Waals surface area contributed by atoms with Crippen LogP contribution in [0.3, 0.4) is 0 Å². The number of amidine groups is 1. The first-order valence-corrected chi connectivity index (χ1v) is 8.52. The third kappa shape index (κ3) is 3.11. The molecule has 1 saturated heterocycles. The second-order valence-electron chi connectivity index (χ2n) is 6.34. The van der Waals surface area contributed by atoms with E-state index in [1.807, 2.05) is 0 Å². The first-order valence-electron chi connectivity index (χ1n) is 7.64. The SMILES string of the molecule is CC(=O)C(O)[C@H]1O[C@@H](SC(=N)N)[C@@](O)(C(C)=O)[C@](O)(C(C)=O)[C@]1(O)C(C)=O. The van der Waals surface area contributed by atoms with Gasteiger partial charge in [0.15, 0.2) is 44.9 Å². The molecule has 27 heavy (non-hydrogen) atoms. The third-order valence-corrected chi connectivity index (χ3v) is 5.57. The predicted octanol–water partition coefficient (Wildman–Crippen LogP) is -2.75. The molecule has 12 heteroatoms. The second kappa shape index (κ2) is 7.37. The van der Waals surface area contributed by atoms with Crippen LogP contribution in [-0.2, 0) is 23.9 Å². The number of thioether (sulfide) groups is 1. The summed E-state index contributed by atoms with van der Waals surface area (Å²) in [4.78, 5) is 48.5. The summed E-state index contributed by atoms with van der Waals surface area (Å²) in [6.45, 7) is 3.06. The molecule has 7 N–H and O–H groups in total. The van der Waals surface area contributed by atoms with Gasteiger partial charge in [0.25, 0.3) is 0 Å². The molecule has 0 aromatic rings. The molecule has 0 saturated carbocycles. The van der Waals surface area contributed by atoms with E-state index in [4.69, 9.17) is 15.9 Å². The van der Waals surface area contributed by atoms with Crippen molar-refractivity contribution in [1.82, 2.24) is 0 Å². The Morgan fingerprint density at radius 2 is 1.44 bits per heavy atom. The van der Waals surface area contributed by atoms with E-state index in [2.05, 4.69) is 0 Å². The van der Waals surface area contributed by atoms with Crippen LogP contribution in [0.15, 0.2) is 0 Å². The van der Waals surface area contributed by atoms with Crippen molar-refractivity contribution in [2.75, 3.05) is 0 Å². The molecule has 1 rings (SSSR count). The summed E-state index contributed by atoms with van der Waals surface area (Å²) in [6, 6.07) is 0. The van der Waals surface area contributed by atoms with Crippen molar-refractivity contribution in [2.24, 2.45) is 5.73 Å². The van der Waals surface area contributed by atoms with Gasteiger partial charge in [0.2, 0.25) is 5.60 Å². The van der Waals surface area contributed by atoms with Gasteiger partial charge in [0.1, 0.15) is 12.2 Å². The third-order valence-electron chi connectivity index (χ3n) is 4.65. The van der Waals surface area contributed by atoms with Crippen molar-refractivity contribution in [2.45, 2.75) is 62.1 Å². The minimum atomic E-state index is -3.51. The predicted molar refractivity (Wildman–Crippen MR) is 91.7 cm³/mol. The highest BCUT2D eigenvalue weighted by molar-refractivity contribution is 8.14. The topological polar surface area (TPSA) is 208 Å². The summed E-state index contributed by atoms with van der Waals surface area (Å²) >= 11 is 0.187. The van der Waals surface area contributed by atoms with Crippen LogP contribution in [0.2, 0.25) is 0 Å². The Morgan fingerprint density at radius 3 is 1.74 bits per heavy atom.